The van der Waals surface area contributed by atoms with Crippen LogP contribution in [0.25, 0.3) is 0 Å². The molecular weight excluding hydrogens is 108 g/mol. The van der Waals surface area contributed by atoms with Crippen LogP contribution in [0.15, 0.2) is 0 Å². The molecule has 0 saturated heterocycles. The Morgan fingerprint density at radius 3 is 1.86 bits per heavy atom. The Morgan fingerprint density at radius 1 is 1.43 bits per heavy atom. The van der Waals surface area contributed by atoms with Gasteiger partial charge in [0.1, 0.15) is 0 Å². The molecule has 0 aromatic rings. The first-order chi connectivity index (χ1) is 3.06. The molecule has 0 rings (SSSR count). The van der Waals surface area contributed by atoms with Gasteiger partial charge in [0.2, 0.25) is 0 Å². The molecule has 0 unspecified atom stereocenters. The summed E-state index contributed by atoms with van der Waals surface area (Å²) in [4.78, 5) is 2.52. The molecule has 0 aliphatic heterocycles. The summed E-state index contributed by atoms with van der Waals surface area (Å²) in [7, 11) is 0. The van der Waals surface area contributed by atoms with E-state index in [4.69, 9.17) is 5.84 Å². The van der Waals surface area contributed by atoms with Gasteiger partial charge in [-0.3, -0.25) is 5.84 Å². The van der Waals surface area contributed by atoms with Crippen molar-refractivity contribution in [2.75, 3.05) is 0 Å². The summed E-state index contributed by atoms with van der Waals surface area (Å²) in [5.41, 5.74) is 0. The SMILES string of the molecule is CC(C)(C)SNN. The fourth-order valence-electron chi connectivity index (χ4n) is 0.177. The normalized spacial score (nSPS) is 12.0. The molecule has 0 aliphatic rings. The summed E-state index contributed by atoms with van der Waals surface area (Å²) in [5.74, 6) is 5.03. The van der Waals surface area contributed by atoms with Crippen LogP contribution in [0.4, 0.5) is 0 Å². The van der Waals surface area contributed by atoms with Crippen LogP contribution in [0.3, 0.4) is 0 Å². The Kier molecular flexibility index (Phi) is 2.64. The fourth-order valence-corrected chi connectivity index (χ4v) is 0.530. The van der Waals surface area contributed by atoms with Crippen molar-refractivity contribution in [2.24, 2.45) is 5.84 Å². The standard InChI is InChI=1S/C4H12N2S/c1-4(2,3)7-6-5/h6H,5H2,1-3H3. The van der Waals surface area contributed by atoms with E-state index in [1.807, 2.05) is 0 Å². The molecule has 7 heavy (non-hydrogen) atoms. The number of hydrazine groups is 1. The zero-order valence-electron chi connectivity index (χ0n) is 4.99. The third-order valence-corrected chi connectivity index (χ3v) is 1.10. The van der Waals surface area contributed by atoms with Crippen LogP contribution in [0.5, 0.6) is 0 Å². The van der Waals surface area contributed by atoms with Crippen LogP contribution >= 0.6 is 11.9 Å². The van der Waals surface area contributed by atoms with Crippen LogP contribution in [0.1, 0.15) is 20.8 Å². The van der Waals surface area contributed by atoms with Crippen molar-refractivity contribution in [1.82, 2.24) is 4.83 Å². The lowest BCUT2D eigenvalue weighted by molar-refractivity contribution is 0.793. The van der Waals surface area contributed by atoms with Gasteiger partial charge in [0.05, 0.1) is 0 Å². The third-order valence-electron chi connectivity index (χ3n) is 0.365. The number of rotatable bonds is 1. The number of hydrogen-bond acceptors (Lipinski definition) is 3. The predicted octanol–water partition coefficient (Wildman–Crippen LogP) is 0.896. The van der Waals surface area contributed by atoms with Crippen molar-refractivity contribution in [3.63, 3.8) is 0 Å². The van der Waals surface area contributed by atoms with Crippen molar-refractivity contribution < 1.29 is 0 Å². The molecule has 0 amide bonds. The van der Waals surface area contributed by atoms with E-state index in [9.17, 15) is 0 Å². The molecule has 0 aliphatic carbocycles. The summed E-state index contributed by atoms with van der Waals surface area (Å²) in [6, 6.07) is 0. The Balaban J connectivity index is 3.15. The van der Waals surface area contributed by atoms with Crippen LogP contribution in [-0.2, 0) is 0 Å². The number of nitrogens with one attached hydrogen (secondary N) is 1. The second-order valence-electron chi connectivity index (χ2n) is 2.33. The van der Waals surface area contributed by atoms with Gasteiger partial charge in [-0.1, -0.05) is 11.9 Å². The Bertz CT molecular complexity index is 48.1. The topological polar surface area (TPSA) is 38.0 Å². The second kappa shape index (κ2) is 2.55. The lowest BCUT2D eigenvalue weighted by Crippen LogP contribution is -2.21. The maximum Gasteiger partial charge on any atom is 0.0232 e. The lowest BCUT2D eigenvalue weighted by Gasteiger charge is -2.14. The predicted molar refractivity (Wildman–Crippen MR) is 34.7 cm³/mol. The Labute approximate surface area is 49.0 Å². The van der Waals surface area contributed by atoms with Gasteiger partial charge in [0, 0.05) is 4.75 Å². The van der Waals surface area contributed by atoms with Gasteiger partial charge in [-0.05, 0) is 20.8 Å². The molecule has 0 saturated carbocycles. The van der Waals surface area contributed by atoms with Crippen molar-refractivity contribution in [3.05, 3.63) is 0 Å². The Morgan fingerprint density at radius 2 is 1.86 bits per heavy atom. The molecule has 0 aromatic heterocycles. The first-order valence-electron chi connectivity index (χ1n) is 2.20. The fraction of sp³-hybridized carbons (Fsp3) is 1.00. The summed E-state index contributed by atoms with van der Waals surface area (Å²) in [5, 5.41) is 0. The second-order valence-corrected chi connectivity index (χ2v) is 4.00. The highest BCUT2D eigenvalue weighted by Gasteiger charge is 2.07. The summed E-state index contributed by atoms with van der Waals surface area (Å²) < 4.78 is 0.231. The molecule has 44 valence electrons. The molecule has 3 N–H and O–H groups in total. The average Bonchev–Trinajstić information content (AvgIpc) is 1.30. The van der Waals surface area contributed by atoms with Gasteiger partial charge < -0.3 is 0 Å². The molecule has 0 atom stereocenters. The molecule has 2 nitrogen and oxygen atoms in total. The van der Waals surface area contributed by atoms with Gasteiger partial charge in [0.25, 0.3) is 0 Å². The van der Waals surface area contributed by atoms with E-state index in [0.29, 0.717) is 0 Å². The first-order valence-corrected chi connectivity index (χ1v) is 3.01. The summed E-state index contributed by atoms with van der Waals surface area (Å²) >= 11 is 1.52. The monoisotopic (exact) mass is 120 g/mol. The largest absolute Gasteiger partial charge is 0.262 e. The quantitative estimate of drug-likeness (QED) is 0.307. The molecule has 0 aromatic carbocycles. The van der Waals surface area contributed by atoms with Crippen LogP contribution < -0.4 is 10.7 Å². The van der Waals surface area contributed by atoms with E-state index in [1.54, 1.807) is 0 Å². The van der Waals surface area contributed by atoms with E-state index < -0.39 is 0 Å². The van der Waals surface area contributed by atoms with Crippen molar-refractivity contribution in [2.45, 2.75) is 25.5 Å². The van der Waals surface area contributed by atoms with E-state index >= 15 is 0 Å². The van der Waals surface area contributed by atoms with Crippen molar-refractivity contribution in [1.29, 1.82) is 0 Å². The molecule has 0 bridgehead atoms. The van der Waals surface area contributed by atoms with Crippen LogP contribution in [0.2, 0.25) is 0 Å². The highest BCUT2D eigenvalue weighted by Crippen LogP contribution is 2.17. The zero-order chi connectivity index (χ0) is 5.91. The highest BCUT2D eigenvalue weighted by molar-refractivity contribution is 7.98. The number of hydrogen-bond donors (Lipinski definition) is 2. The maximum absolute atomic E-state index is 5.03. The summed E-state index contributed by atoms with van der Waals surface area (Å²) in [6.07, 6.45) is 0. The third kappa shape index (κ3) is 6.27. The van der Waals surface area contributed by atoms with E-state index in [1.165, 1.54) is 11.9 Å². The van der Waals surface area contributed by atoms with Crippen LogP contribution in [-0.4, -0.2) is 4.75 Å². The molecule has 3 heteroatoms. The lowest BCUT2D eigenvalue weighted by atomic mass is 10.3. The van der Waals surface area contributed by atoms with Gasteiger partial charge in [-0.15, -0.1) is 0 Å². The van der Waals surface area contributed by atoms with Gasteiger partial charge in [-0.25, -0.2) is 4.83 Å². The maximum atomic E-state index is 5.03. The van der Waals surface area contributed by atoms with E-state index in [0.717, 1.165) is 0 Å². The van der Waals surface area contributed by atoms with Crippen molar-refractivity contribution in [3.8, 4) is 0 Å². The minimum Gasteiger partial charge on any atom is -0.262 e. The summed E-state index contributed by atoms with van der Waals surface area (Å²) in [6.45, 7) is 6.28. The number of nitrogens with two attached hydrogens (primary N) is 1. The minimum absolute atomic E-state index is 0.231. The van der Waals surface area contributed by atoms with Gasteiger partial charge in [0.15, 0.2) is 0 Å². The molecular formula is C4H12N2S. The molecule has 0 fully saturated rings. The molecule has 0 heterocycles. The molecule has 0 spiro atoms. The minimum atomic E-state index is 0.231. The molecule has 0 radical (unpaired) electrons. The van der Waals surface area contributed by atoms with E-state index in [-0.39, 0.29) is 4.75 Å². The van der Waals surface area contributed by atoms with Crippen LogP contribution in [0, 0.1) is 0 Å². The van der Waals surface area contributed by atoms with Gasteiger partial charge in [-0.2, -0.15) is 0 Å². The van der Waals surface area contributed by atoms with Crippen molar-refractivity contribution >= 4 is 11.9 Å². The van der Waals surface area contributed by atoms with E-state index in [2.05, 4.69) is 25.6 Å². The van der Waals surface area contributed by atoms with Gasteiger partial charge >= 0.3 is 0 Å². The smallest absolute Gasteiger partial charge is 0.0232 e. The zero-order valence-corrected chi connectivity index (χ0v) is 5.80. The highest BCUT2D eigenvalue weighted by atomic mass is 32.2. The Hall–Kier alpha value is 0.270. The first kappa shape index (κ1) is 7.27. The average molecular weight is 120 g/mol.